The largest absolute Gasteiger partial charge is 0.420 e. The number of aromatic nitrogens is 5. The first-order chi connectivity index (χ1) is 16.1. The maximum atomic E-state index is 14.6. The van der Waals surface area contributed by atoms with Gasteiger partial charge in [-0.15, -0.1) is 20.4 Å². The number of hydrogen-bond donors (Lipinski definition) is 0. The van der Waals surface area contributed by atoms with E-state index < -0.39 is 0 Å². The van der Waals surface area contributed by atoms with Gasteiger partial charge in [0.15, 0.2) is 11.0 Å². The van der Waals surface area contributed by atoms with E-state index in [0.717, 1.165) is 16.8 Å². The van der Waals surface area contributed by atoms with Crippen molar-refractivity contribution < 1.29 is 8.81 Å². The zero-order valence-corrected chi connectivity index (χ0v) is 19.0. The standard InChI is InChI=1S/C24H17ClFN5OS/c1-15-6-12-18(13-7-15)31-22(19-4-2-3-5-20(19)26)28-30-24(31)33-14-21-27-29-23(32-21)16-8-10-17(25)11-9-16/h2-13H,14H2,1H3. The first-order valence-electron chi connectivity index (χ1n) is 10.1. The Kier molecular flexibility index (Phi) is 5.93. The van der Waals surface area contributed by atoms with Crippen molar-refractivity contribution in [3.05, 3.63) is 95.1 Å². The molecule has 0 aliphatic rings. The van der Waals surface area contributed by atoms with Crippen molar-refractivity contribution in [2.45, 2.75) is 17.8 Å². The van der Waals surface area contributed by atoms with Gasteiger partial charge in [0.2, 0.25) is 11.8 Å². The van der Waals surface area contributed by atoms with Crippen molar-refractivity contribution in [3.8, 4) is 28.5 Å². The Bertz CT molecular complexity index is 1400. The molecule has 0 unspecified atom stereocenters. The summed E-state index contributed by atoms with van der Waals surface area (Å²) >= 11 is 7.32. The molecule has 164 valence electrons. The predicted molar refractivity (Wildman–Crippen MR) is 126 cm³/mol. The third-order valence-electron chi connectivity index (χ3n) is 4.92. The van der Waals surface area contributed by atoms with Crippen molar-refractivity contribution in [2.24, 2.45) is 0 Å². The zero-order chi connectivity index (χ0) is 22.8. The van der Waals surface area contributed by atoms with Crippen molar-refractivity contribution in [1.29, 1.82) is 0 Å². The fraction of sp³-hybridized carbons (Fsp3) is 0.0833. The molecule has 0 saturated carbocycles. The van der Waals surface area contributed by atoms with Crippen LogP contribution < -0.4 is 0 Å². The third kappa shape index (κ3) is 4.53. The molecule has 0 amide bonds. The highest BCUT2D eigenvalue weighted by Gasteiger charge is 2.19. The molecule has 0 aliphatic heterocycles. The lowest BCUT2D eigenvalue weighted by molar-refractivity contribution is 0.528. The van der Waals surface area contributed by atoms with Crippen LogP contribution in [0.15, 0.2) is 82.4 Å². The van der Waals surface area contributed by atoms with E-state index in [1.165, 1.54) is 17.8 Å². The average Bonchev–Trinajstić information content (AvgIpc) is 3.46. The Balaban J connectivity index is 1.46. The van der Waals surface area contributed by atoms with Crippen molar-refractivity contribution in [2.75, 3.05) is 0 Å². The number of halogens is 2. The minimum atomic E-state index is -0.362. The number of aryl methyl sites for hydroxylation is 1. The Morgan fingerprint density at radius 1 is 0.909 bits per heavy atom. The van der Waals surface area contributed by atoms with Gasteiger partial charge in [-0.25, -0.2) is 4.39 Å². The summed E-state index contributed by atoms with van der Waals surface area (Å²) in [4.78, 5) is 0. The molecule has 6 nitrogen and oxygen atoms in total. The molecular weight excluding hydrogens is 461 g/mol. The molecule has 3 aromatic carbocycles. The summed E-state index contributed by atoms with van der Waals surface area (Å²) in [6.45, 7) is 2.01. The lowest BCUT2D eigenvalue weighted by Gasteiger charge is -2.10. The summed E-state index contributed by atoms with van der Waals surface area (Å²) in [6, 6.07) is 21.6. The zero-order valence-electron chi connectivity index (χ0n) is 17.4. The second-order valence-corrected chi connectivity index (χ2v) is 8.63. The van der Waals surface area contributed by atoms with Crippen LogP contribution >= 0.6 is 23.4 Å². The molecule has 0 atom stereocenters. The molecule has 0 aliphatic carbocycles. The number of nitrogens with zero attached hydrogens (tertiary/aromatic N) is 5. The molecule has 0 spiro atoms. The van der Waals surface area contributed by atoms with E-state index >= 15 is 0 Å². The number of rotatable bonds is 6. The van der Waals surface area contributed by atoms with Gasteiger partial charge in [0, 0.05) is 16.3 Å². The Labute approximate surface area is 198 Å². The minimum absolute atomic E-state index is 0.362. The van der Waals surface area contributed by atoms with Crippen LogP contribution in [0.1, 0.15) is 11.5 Å². The van der Waals surface area contributed by atoms with Gasteiger partial charge in [0.05, 0.1) is 11.3 Å². The van der Waals surface area contributed by atoms with E-state index in [0.29, 0.717) is 39.1 Å². The van der Waals surface area contributed by atoms with Gasteiger partial charge in [-0.1, -0.05) is 53.2 Å². The van der Waals surface area contributed by atoms with Gasteiger partial charge < -0.3 is 4.42 Å². The van der Waals surface area contributed by atoms with Gasteiger partial charge in [-0.2, -0.15) is 0 Å². The second-order valence-electron chi connectivity index (χ2n) is 7.25. The summed E-state index contributed by atoms with van der Waals surface area (Å²) in [5.74, 6) is 1.29. The summed E-state index contributed by atoms with van der Waals surface area (Å²) in [5, 5.41) is 18.1. The number of hydrogen-bond acceptors (Lipinski definition) is 6. The highest BCUT2D eigenvalue weighted by Crippen LogP contribution is 2.31. The maximum Gasteiger partial charge on any atom is 0.247 e. The lowest BCUT2D eigenvalue weighted by atomic mass is 10.2. The van der Waals surface area contributed by atoms with Crippen LogP contribution in [0.25, 0.3) is 28.5 Å². The molecule has 0 fully saturated rings. The minimum Gasteiger partial charge on any atom is -0.420 e. The van der Waals surface area contributed by atoms with E-state index in [-0.39, 0.29) is 5.82 Å². The van der Waals surface area contributed by atoms with Gasteiger partial charge in [-0.05, 0) is 55.5 Å². The van der Waals surface area contributed by atoms with Crippen LogP contribution in [0.3, 0.4) is 0 Å². The third-order valence-corrected chi connectivity index (χ3v) is 6.09. The van der Waals surface area contributed by atoms with E-state index in [4.69, 9.17) is 16.0 Å². The molecule has 33 heavy (non-hydrogen) atoms. The molecular formula is C24H17ClFN5OS. The molecule has 0 N–H and O–H groups in total. The molecule has 0 radical (unpaired) electrons. The fourth-order valence-electron chi connectivity index (χ4n) is 3.25. The highest BCUT2D eigenvalue weighted by molar-refractivity contribution is 7.98. The lowest BCUT2D eigenvalue weighted by Crippen LogP contribution is -2.01. The van der Waals surface area contributed by atoms with Crippen LogP contribution in [0, 0.1) is 12.7 Å². The molecule has 9 heteroatoms. The van der Waals surface area contributed by atoms with E-state index in [2.05, 4.69) is 20.4 Å². The van der Waals surface area contributed by atoms with Gasteiger partial charge in [0.1, 0.15) is 5.82 Å². The second kappa shape index (κ2) is 9.17. The van der Waals surface area contributed by atoms with Crippen LogP contribution in [-0.4, -0.2) is 25.0 Å². The quantitative estimate of drug-likeness (QED) is 0.264. The van der Waals surface area contributed by atoms with Crippen LogP contribution in [0.5, 0.6) is 0 Å². The molecule has 5 aromatic rings. The number of thioether (sulfide) groups is 1. The van der Waals surface area contributed by atoms with E-state index in [1.807, 2.05) is 47.9 Å². The summed E-state index contributed by atoms with van der Waals surface area (Å²) < 4.78 is 22.2. The van der Waals surface area contributed by atoms with E-state index in [9.17, 15) is 4.39 Å². The van der Waals surface area contributed by atoms with Crippen LogP contribution in [-0.2, 0) is 5.75 Å². The fourth-order valence-corrected chi connectivity index (χ4v) is 4.17. The van der Waals surface area contributed by atoms with Gasteiger partial charge in [0.25, 0.3) is 0 Å². The van der Waals surface area contributed by atoms with Crippen LogP contribution in [0.4, 0.5) is 4.39 Å². The molecule has 0 saturated heterocycles. The molecule has 2 aromatic heterocycles. The van der Waals surface area contributed by atoms with Gasteiger partial charge >= 0.3 is 0 Å². The van der Waals surface area contributed by atoms with Gasteiger partial charge in [-0.3, -0.25) is 4.57 Å². The summed E-state index contributed by atoms with van der Waals surface area (Å²) in [5.41, 5.74) is 3.11. The Morgan fingerprint density at radius 3 is 2.42 bits per heavy atom. The Morgan fingerprint density at radius 2 is 1.67 bits per heavy atom. The predicted octanol–water partition coefficient (Wildman–Crippen LogP) is 6.38. The topological polar surface area (TPSA) is 69.6 Å². The SMILES string of the molecule is Cc1ccc(-n2c(SCc3nnc(-c4ccc(Cl)cc4)o3)nnc2-c2ccccc2F)cc1. The average molecular weight is 478 g/mol. The number of benzene rings is 3. The molecule has 2 heterocycles. The summed E-state index contributed by atoms with van der Waals surface area (Å²) in [7, 11) is 0. The van der Waals surface area contributed by atoms with Crippen LogP contribution in [0.2, 0.25) is 5.02 Å². The van der Waals surface area contributed by atoms with Crippen molar-refractivity contribution in [1.82, 2.24) is 25.0 Å². The Hall–Kier alpha value is -3.49. The van der Waals surface area contributed by atoms with Crippen molar-refractivity contribution in [3.63, 3.8) is 0 Å². The first-order valence-corrected chi connectivity index (χ1v) is 11.4. The van der Waals surface area contributed by atoms with E-state index in [1.54, 1.807) is 30.3 Å². The highest BCUT2D eigenvalue weighted by atomic mass is 35.5. The smallest absolute Gasteiger partial charge is 0.247 e. The molecule has 5 rings (SSSR count). The van der Waals surface area contributed by atoms with Crippen molar-refractivity contribution >= 4 is 23.4 Å². The maximum absolute atomic E-state index is 14.6. The summed E-state index contributed by atoms with van der Waals surface area (Å²) in [6.07, 6.45) is 0. The molecule has 0 bridgehead atoms. The first kappa shape index (κ1) is 21.4. The normalized spacial score (nSPS) is 11.1. The monoisotopic (exact) mass is 477 g/mol.